The van der Waals surface area contributed by atoms with Crippen LogP contribution in [-0.4, -0.2) is 43.2 Å². The Balaban J connectivity index is 3.22. The van der Waals surface area contributed by atoms with Crippen LogP contribution in [-0.2, 0) is 23.9 Å². The van der Waals surface area contributed by atoms with Gasteiger partial charge in [-0.25, -0.2) is 4.79 Å². The van der Waals surface area contributed by atoms with Gasteiger partial charge in [0.2, 0.25) is 0 Å². The summed E-state index contributed by atoms with van der Waals surface area (Å²) < 4.78 is 47.5. The van der Waals surface area contributed by atoms with Gasteiger partial charge in [-0.1, -0.05) is 0 Å². The Labute approximate surface area is 131 Å². The zero-order valence-corrected chi connectivity index (χ0v) is 12.8. The zero-order valence-electron chi connectivity index (χ0n) is 12.8. The minimum Gasteiger partial charge on any atom is -0.466 e. The van der Waals surface area contributed by atoms with Gasteiger partial charge in [-0.2, -0.15) is 13.2 Å². The number of carbonyl (C=O) groups excluding carboxylic acids is 3. The van der Waals surface area contributed by atoms with Crippen molar-refractivity contribution in [1.29, 1.82) is 0 Å². The molecular formula is C14H18F3NO5. The number of alkyl halides is 3. The molecular weight excluding hydrogens is 319 g/mol. The van der Waals surface area contributed by atoms with Crippen molar-refractivity contribution in [1.82, 2.24) is 5.32 Å². The van der Waals surface area contributed by atoms with E-state index in [-0.39, 0.29) is 19.3 Å². The average molecular weight is 337 g/mol. The number of esters is 2. The van der Waals surface area contributed by atoms with Crippen LogP contribution < -0.4 is 5.32 Å². The Hall–Kier alpha value is -2.06. The van der Waals surface area contributed by atoms with Gasteiger partial charge in [0, 0.05) is 11.7 Å². The number of ether oxygens (including phenoxy) is 2. The van der Waals surface area contributed by atoms with Gasteiger partial charge in [0.15, 0.2) is 0 Å². The van der Waals surface area contributed by atoms with Crippen molar-refractivity contribution >= 4 is 17.7 Å². The van der Waals surface area contributed by atoms with E-state index >= 15 is 0 Å². The van der Waals surface area contributed by atoms with Crippen LogP contribution in [0.2, 0.25) is 0 Å². The van der Waals surface area contributed by atoms with Crippen molar-refractivity contribution < 1.29 is 37.0 Å². The molecule has 23 heavy (non-hydrogen) atoms. The summed E-state index contributed by atoms with van der Waals surface area (Å²) in [5.41, 5.74) is -1.61. The molecule has 0 unspecified atom stereocenters. The molecule has 1 aliphatic rings. The van der Waals surface area contributed by atoms with Crippen molar-refractivity contribution in [2.45, 2.75) is 45.3 Å². The van der Waals surface area contributed by atoms with Gasteiger partial charge in [0.05, 0.1) is 19.6 Å². The number of ketones is 1. The van der Waals surface area contributed by atoms with E-state index in [1.54, 1.807) is 0 Å². The van der Waals surface area contributed by atoms with E-state index in [0.29, 0.717) is 12.8 Å². The third-order valence-corrected chi connectivity index (χ3v) is 2.85. The minimum atomic E-state index is -5.26. The molecule has 0 saturated heterocycles. The lowest BCUT2D eigenvalue weighted by Gasteiger charge is -2.16. The molecule has 130 valence electrons. The second-order valence-electron chi connectivity index (χ2n) is 4.80. The third-order valence-electron chi connectivity index (χ3n) is 2.85. The fourth-order valence-electron chi connectivity index (χ4n) is 1.74. The topological polar surface area (TPSA) is 81.7 Å². The number of nitrogens with one attached hydrogen (secondary N) is 1. The van der Waals surface area contributed by atoms with Gasteiger partial charge >= 0.3 is 18.1 Å². The molecule has 9 heteroatoms. The molecule has 0 spiro atoms. The molecule has 0 amide bonds. The van der Waals surface area contributed by atoms with Crippen molar-refractivity contribution in [3.05, 3.63) is 11.3 Å². The van der Waals surface area contributed by atoms with Crippen LogP contribution in [0.4, 0.5) is 13.2 Å². The van der Waals surface area contributed by atoms with E-state index in [9.17, 15) is 27.6 Å². The van der Waals surface area contributed by atoms with Crippen LogP contribution in [0, 0.1) is 0 Å². The summed E-state index contributed by atoms with van der Waals surface area (Å²) in [5.74, 6) is -4.60. The lowest BCUT2D eigenvalue weighted by atomic mass is 10.1. The van der Waals surface area contributed by atoms with Crippen LogP contribution in [0.1, 0.15) is 33.1 Å². The van der Waals surface area contributed by atoms with Crippen LogP contribution in [0.15, 0.2) is 11.3 Å². The number of hydrogen-bond donors (Lipinski definition) is 1. The predicted molar refractivity (Wildman–Crippen MR) is 72.1 cm³/mol. The van der Waals surface area contributed by atoms with E-state index in [0.717, 1.165) is 0 Å². The molecule has 0 atom stereocenters. The molecule has 0 aromatic heterocycles. The number of hydrogen-bond acceptors (Lipinski definition) is 6. The highest BCUT2D eigenvalue weighted by atomic mass is 19.4. The van der Waals surface area contributed by atoms with E-state index < -0.39 is 41.6 Å². The van der Waals surface area contributed by atoms with E-state index in [4.69, 9.17) is 0 Å². The van der Waals surface area contributed by atoms with Crippen LogP contribution in [0.25, 0.3) is 0 Å². The standard InChI is InChI=1S/C14H18F3NO5/c1-3-22-10(19)7-9(18-8-5-6-8)11(13(21)23-4-2)12(20)14(15,16)17/h8,18H,3-7H2,1-2H3. The predicted octanol–water partition coefficient (Wildman–Crippen LogP) is 1.64. The summed E-state index contributed by atoms with van der Waals surface area (Å²) in [7, 11) is 0. The third kappa shape index (κ3) is 5.91. The fourth-order valence-corrected chi connectivity index (χ4v) is 1.74. The van der Waals surface area contributed by atoms with Crippen molar-refractivity contribution in [2.75, 3.05) is 13.2 Å². The second kappa shape index (κ2) is 7.98. The first-order valence-corrected chi connectivity index (χ1v) is 7.14. The lowest BCUT2D eigenvalue weighted by Crippen LogP contribution is -2.34. The summed E-state index contributed by atoms with van der Waals surface area (Å²) in [4.78, 5) is 35.0. The van der Waals surface area contributed by atoms with E-state index in [1.165, 1.54) is 13.8 Å². The lowest BCUT2D eigenvalue weighted by molar-refractivity contribution is -0.168. The fraction of sp³-hybridized carbons (Fsp3) is 0.643. The van der Waals surface area contributed by atoms with Crippen LogP contribution in [0.3, 0.4) is 0 Å². The molecule has 0 heterocycles. The molecule has 0 bridgehead atoms. The highest BCUT2D eigenvalue weighted by Gasteiger charge is 2.45. The normalized spacial score (nSPS) is 15.5. The highest BCUT2D eigenvalue weighted by molar-refractivity contribution is 6.20. The summed E-state index contributed by atoms with van der Waals surface area (Å²) >= 11 is 0. The van der Waals surface area contributed by atoms with Crippen LogP contribution in [0.5, 0.6) is 0 Å². The summed E-state index contributed by atoms with van der Waals surface area (Å²) in [6.45, 7) is 2.75. The number of halogens is 3. The van der Waals surface area contributed by atoms with Crippen molar-refractivity contribution in [3.63, 3.8) is 0 Å². The van der Waals surface area contributed by atoms with Gasteiger partial charge in [-0.3, -0.25) is 9.59 Å². The summed E-state index contributed by atoms with van der Waals surface area (Å²) in [6.07, 6.45) is -4.56. The Morgan fingerprint density at radius 1 is 1.09 bits per heavy atom. The Morgan fingerprint density at radius 2 is 1.65 bits per heavy atom. The molecule has 0 aliphatic heterocycles. The molecule has 6 nitrogen and oxygen atoms in total. The van der Waals surface area contributed by atoms with Crippen LogP contribution >= 0.6 is 0 Å². The molecule has 0 aromatic rings. The number of rotatable bonds is 8. The first kappa shape index (κ1) is 19.0. The Kier molecular flexibility index (Phi) is 6.59. The van der Waals surface area contributed by atoms with E-state index in [1.807, 2.05) is 0 Å². The van der Waals surface area contributed by atoms with Gasteiger partial charge < -0.3 is 14.8 Å². The zero-order chi connectivity index (χ0) is 17.6. The minimum absolute atomic E-state index is 0.0253. The van der Waals surface area contributed by atoms with Gasteiger partial charge in [0.25, 0.3) is 5.78 Å². The van der Waals surface area contributed by atoms with Gasteiger partial charge in [0.1, 0.15) is 5.57 Å². The number of carbonyl (C=O) groups is 3. The molecule has 0 radical (unpaired) electrons. The molecule has 1 rings (SSSR count). The Bertz CT molecular complexity index is 509. The largest absolute Gasteiger partial charge is 0.466 e. The van der Waals surface area contributed by atoms with Crippen molar-refractivity contribution in [3.8, 4) is 0 Å². The molecule has 1 fully saturated rings. The molecule has 1 aliphatic carbocycles. The number of Topliss-reactive ketones (excluding diaryl/α,β-unsaturated/α-hetero) is 1. The maximum absolute atomic E-state index is 12.8. The second-order valence-corrected chi connectivity index (χ2v) is 4.80. The average Bonchev–Trinajstić information content (AvgIpc) is 3.22. The SMILES string of the molecule is CCOC(=O)CC(NC1CC1)=C(C(=O)OCC)C(=O)C(F)(F)F. The molecule has 1 saturated carbocycles. The highest BCUT2D eigenvalue weighted by Crippen LogP contribution is 2.27. The molecule has 1 N–H and O–H groups in total. The van der Waals surface area contributed by atoms with Gasteiger partial charge in [-0.15, -0.1) is 0 Å². The first-order chi connectivity index (χ1) is 10.7. The smallest absolute Gasteiger partial charge is 0.455 e. The maximum atomic E-state index is 12.8. The quantitative estimate of drug-likeness (QED) is 0.314. The summed E-state index contributed by atoms with van der Waals surface area (Å²) in [5, 5.41) is 2.63. The maximum Gasteiger partial charge on any atom is 0.455 e. The van der Waals surface area contributed by atoms with Gasteiger partial charge in [-0.05, 0) is 26.7 Å². The first-order valence-electron chi connectivity index (χ1n) is 7.14. The summed E-state index contributed by atoms with van der Waals surface area (Å²) in [6, 6.07) is -0.176. The van der Waals surface area contributed by atoms with Crippen molar-refractivity contribution in [2.24, 2.45) is 0 Å². The Morgan fingerprint density at radius 3 is 2.09 bits per heavy atom. The molecule has 0 aromatic carbocycles. The monoisotopic (exact) mass is 337 g/mol. The van der Waals surface area contributed by atoms with E-state index in [2.05, 4.69) is 14.8 Å².